The number of ether oxygens (including phenoxy) is 1. The molecule has 0 radical (unpaired) electrons. The molecule has 0 aliphatic carbocycles. The molecule has 0 bridgehead atoms. The molecule has 2 aromatic heterocycles. The second-order valence-corrected chi connectivity index (χ2v) is 7.93. The molecule has 0 saturated carbocycles. The first kappa shape index (κ1) is 22.3. The summed E-state index contributed by atoms with van der Waals surface area (Å²) in [7, 11) is 0. The standard InChI is InChI=1S/C20H18ClF4N5O2/c1-10-4-5-29(18(31)11-2-3-13(21)16(6-11)32-19(24)25)8-12(10)15-7-14(17(22)23)28-20-26-9-27-30(15)20/h2-3,6-7,9-10,12,17,19H,4-5,8H2,1H3/t10?,12-/m1/s1. The van der Waals surface area contributed by atoms with Crippen molar-refractivity contribution in [2.24, 2.45) is 5.92 Å². The Kier molecular flexibility index (Phi) is 6.18. The van der Waals surface area contributed by atoms with E-state index in [0.717, 1.165) is 0 Å². The van der Waals surface area contributed by atoms with E-state index in [1.165, 1.54) is 35.1 Å². The van der Waals surface area contributed by atoms with E-state index in [4.69, 9.17) is 11.6 Å². The number of rotatable bonds is 5. The van der Waals surface area contributed by atoms with Gasteiger partial charge >= 0.3 is 6.61 Å². The second kappa shape index (κ2) is 8.89. The van der Waals surface area contributed by atoms with E-state index in [9.17, 15) is 22.4 Å². The van der Waals surface area contributed by atoms with Gasteiger partial charge in [-0.2, -0.15) is 18.9 Å². The molecule has 12 heteroatoms. The van der Waals surface area contributed by atoms with E-state index >= 15 is 0 Å². The largest absolute Gasteiger partial charge is 0.433 e. The Morgan fingerprint density at radius 3 is 2.75 bits per heavy atom. The fourth-order valence-corrected chi connectivity index (χ4v) is 4.04. The third kappa shape index (κ3) is 4.34. The molecule has 170 valence electrons. The number of carbonyl (C=O) groups excluding carboxylic acids is 1. The average molecular weight is 472 g/mol. The Morgan fingerprint density at radius 1 is 1.25 bits per heavy atom. The predicted molar refractivity (Wildman–Crippen MR) is 106 cm³/mol. The zero-order chi connectivity index (χ0) is 23.0. The van der Waals surface area contributed by atoms with Gasteiger partial charge in [0.25, 0.3) is 18.1 Å². The molecule has 3 heterocycles. The lowest BCUT2D eigenvalue weighted by molar-refractivity contribution is -0.0498. The summed E-state index contributed by atoms with van der Waals surface area (Å²) < 4.78 is 57.7. The molecule has 32 heavy (non-hydrogen) atoms. The minimum absolute atomic E-state index is 0.0446. The van der Waals surface area contributed by atoms with E-state index in [1.807, 2.05) is 6.92 Å². The van der Waals surface area contributed by atoms with Gasteiger partial charge in [0, 0.05) is 24.6 Å². The molecule has 2 atom stereocenters. The quantitative estimate of drug-likeness (QED) is 0.509. The number of carbonyl (C=O) groups is 1. The van der Waals surface area contributed by atoms with Crippen LogP contribution in [0.25, 0.3) is 5.78 Å². The maximum atomic E-state index is 13.4. The van der Waals surface area contributed by atoms with Crippen molar-refractivity contribution in [2.75, 3.05) is 13.1 Å². The second-order valence-electron chi connectivity index (χ2n) is 7.53. The maximum Gasteiger partial charge on any atom is 0.387 e. The summed E-state index contributed by atoms with van der Waals surface area (Å²) in [5.41, 5.74) is 0.195. The minimum Gasteiger partial charge on any atom is -0.433 e. The molecule has 0 spiro atoms. The van der Waals surface area contributed by atoms with Crippen LogP contribution in [-0.4, -0.2) is 50.1 Å². The molecule has 1 aliphatic heterocycles. The number of aromatic nitrogens is 4. The number of benzene rings is 1. The summed E-state index contributed by atoms with van der Waals surface area (Å²) in [4.78, 5) is 22.4. The first-order chi connectivity index (χ1) is 15.2. The van der Waals surface area contributed by atoms with E-state index in [1.54, 1.807) is 4.90 Å². The molecule has 1 unspecified atom stereocenters. The van der Waals surface area contributed by atoms with Crippen molar-refractivity contribution in [1.29, 1.82) is 0 Å². The van der Waals surface area contributed by atoms with E-state index in [2.05, 4.69) is 19.8 Å². The van der Waals surface area contributed by atoms with Crippen LogP contribution in [0.4, 0.5) is 17.6 Å². The van der Waals surface area contributed by atoms with Crippen molar-refractivity contribution in [3.8, 4) is 5.75 Å². The average Bonchev–Trinajstić information content (AvgIpc) is 3.23. The number of piperidine rings is 1. The lowest BCUT2D eigenvalue weighted by Gasteiger charge is -2.37. The molecule has 0 N–H and O–H groups in total. The zero-order valence-electron chi connectivity index (χ0n) is 16.8. The summed E-state index contributed by atoms with van der Waals surface area (Å²) in [6.45, 7) is -0.486. The summed E-state index contributed by atoms with van der Waals surface area (Å²) >= 11 is 5.87. The van der Waals surface area contributed by atoms with Crippen LogP contribution in [0.2, 0.25) is 5.02 Å². The van der Waals surface area contributed by atoms with Crippen LogP contribution >= 0.6 is 11.6 Å². The molecular weight excluding hydrogens is 454 g/mol. The van der Waals surface area contributed by atoms with Crippen molar-refractivity contribution < 1.29 is 27.1 Å². The SMILES string of the molecule is CC1CCN(C(=O)c2ccc(Cl)c(OC(F)F)c2)C[C@H]1c1cc(C(F)F)nc2ncnn12. The van der Waals surface area contributed by atoms with Gasteiger partial charge in [-0.05, 0) is 36.6 Å². The van der Waals surface area contributed by atoms with Crippen LogP contribution in [0, 0.1) is 5.92 Å². The Morgan fingerprint density at radius 2 is 2.03 bits per heavy atom. The van der Waals surface area contributed by atoms with Gasteiger partial charge in [0.05, 0.1) is 10.7 Å². The highest BCUT2D eigenvalue weighted by Crippen LogP contribution is 2.35. The third-order valence-electron chi connectivity index (χ3n) is 5.54. The number of nitrogens with zero attached hydrogens (tertiary/aromatic N) is 5. The molecule has 1 fully saturated rings. The Labute approximate surface area is 185 Å². The summed E-state index contributed by atoms with van der Waals surface area (Å²) in [6, 6.07) is 5.19. The van der Waals surface area contributed by atoms with Gasteiger partial charge in [0.15, 0.2) is 0 Å². The van der Waals surface area contributed by atoms with Crippen LogP contribution < -0.4 is 4.74 Å². The van der Waals surface area contributed by atoms with Gasteiger partial charge in [0.2, 0.25) is 0 Å². The Hall–Kier alpha value is -2.95. The van der Waals surface area contributed by atoms with Gasteiger partial charge in [-0.1, -0.05) is 18.5 Å². The lowest BCUT2D eigenvalue weighted by atomic mass is 9.84. The number of amides is 1. The van der Waals surface area contributed by atoms with Crippen molar-refractivity contribution in [3.63, 3.8) is 0 Å². The smallest absolute Gasteiger partial charge is 0.387 e. The fraction of sp³-hybridized carbons (Fsp3) is 0.400. The lowest BCUT2D eigenvalue weighted by Crippen LogP contribution is -2.42. The van der Waals surface area contributed by atoms with Gasteiger partial charge in [0.1, 0.15) is 17.8 Å². The number of hydrogen-bond acceptors (Lipinski definition) is 5. The number of hydrogen-bond donors (Lipinski definition) is 0. The normalized spacial score (nSPS) is 19.2. The molecular formula is C20H18ClF4N5O2. The molecule has 1 aliphatic rings. The van der Waals surface area contributed by atoms with Crippen LogP contribution in [-0.2, 0) is 0 Å². The summed E-state index contributed by atoms with van der Waals surface area (Å²) in [5, 5.41) is 4.05. The Balaban J connectivity index is 1.64. The molecule has 4 rings (SSSR count). The van der Waals surface area contributed by atoms with E-state index in [-0.39, 0.29) is 40.5 Å². The van der Waals surface area contributed by atoms with Crippen LogP contribution in [0.3, 0.4) is 0 Å². The number of fused-ring (bicyclic) bond motifs is 1. The zero-order valence-corrected chi connectivity index (χ0v) is 17.5. The molecule has 1 saturated heterocycles. The highest BCUT2D eigenvalue weighted by atomic mass is 35.5. The summed E-state index contributed by atoms with van der Waals surface area (Å²) in [6.07, 6.45) is -0.947. The fourth-order valence-electron chi connectivity index (χ4n) is 3.87. The van der Waals surface area contributed by atoms with Crippen molar-refractivity contribution in [2.45, 2.75) is 32.3 Å². The van der Waals surface area contributed by atoms with Gasteiger partial charge in [-0.25, -0.2) is 18.3 Å². The molecule has 3 aromatic rings. The maximum absolute atomic E-state index is 13.4. The van der Waals surface area contributed by atoms with Crippen molar-refractivity contribution >= 4 is 23.3 Å². The van der Waals surface area contributed by atoms with E-state index in [0.29, 0.717) is 18.7 Å². The first-order valence-electron chi connectivity index (χ1n) is 9.77. The Bertz CT molecular complexity index is 1140. The third-order valence-corrected chi connectivity index (χ3v) is 5.85. The molecule has 7 nitrogen and oxygen atoms in total. The van der Waals surface area contributed by atoms with Crippen LogP contribution in [0.1, 0.15) is 47.4 Å². The molecule has 1 amide bonds. The number of likely N-dealkylation sites (tertiary alicyclic amines) is 1. The minimum atomic E-state index is -3.08. The topological polar surface area (TPSA) is 72.6 Å². The number of halogens is 5. The highest BCUT2D eigenvalue weighted by Gasteiger charge is 2.33. The van der Waals surface area contributed by atoms with E-state index < -0.39 is 24.6 Å². The van der Waals surface area contributed by atoms with Crippen LogP contribution in [0.5, 0.6) is 5.75 Å². The summed E-state index contributed by atoms with van der Waals surface area (Å²) in [5.74, 6) is -0.908. The number of alkyl halides is 4. The van der Waals surface area contributed by atoms with Gasteiger partial charge < -0.3 is 9.64 Å². The highest BCUT2D eigenvalue weighted by molar-refractivity contribution is 6.32. The molecule has 1 aromatic carbocycles. The van der Waals surface area contributed by atoms with Gasteiger partial charge in [-0.3, -0.25) is 4.79 Å². The first-order valence-corrected chi connectivity index (χ1v) is 10.1. The van der Waals surface area contributed by atoms with Gasteiger partial charge in [-0.15, -0.1) is 0 Å². The van der Waals surface area contributed by atoms with Crippen LogP contribution in [0.15, 0.2) is 30.6 Å². The predicted octanol–water partition coefficient (Wildman–Crippen LogP) is 4.58. The van der Waals surface area contributed by atoms with Crippen molar-refractivity contribution in [3.05, 3.63) is 52.6 Å². The van der Waals surface area contributed by atoms with Crippen molar-refractivity contribution in [1.82, 2.24) is 24.5 Å². The monoisotopic (exact) mass is 471 g/mol.